The minimum absolute atomic E-state index is 0.139. The minimum Gasteiger partial charge on any atom is -0.438 e. The van der Waals surface area contributed by atoms with Gasteiger partial charge in [-0.25, -0.2) is 0 Å². The molecule has 3 aromatic rings. The van der Waals surface area contributed by atoms with E-state index in [0.717, 1.165) is 23.7 Å². The average molecular weight is 530 g/mol. The summed E-state index contributed by atoms with van der Waals surface area (Å²) in [5.41, 5.74) is 0.332. The Morgan fingerprint density at radius 2 is 1.94 bits per heavy atom. The molecule has 3 heterocycles. The molecule has 1 fully saturated rings. The molecule has 0 radical (unpaired) electrons. The van der Waals surface area contributed by atoms with Gasteiger partial charge in [0, 0.05) is 17.2 Å². The Labute approximate surface area is 203 Å². The summed E-state index contributed by atoms with van der Waals surface area (Å²) in [7, 11) is 0. The first-order chi connectivity index (χ1) is 15.5. The van der Waals surface area contributed by atoms with E-state index in [9.17, 15) is 9.59 Å². The average Bonchev–Trinajstić information content (AvgIpc) is 3.05. The Bertz CT molecular complexity index is 1270. The smallest absolute Gasteiger partial charge is 0.269 e. The van der Waals surface area contributed by atoms with E-state index >= 15 is 0 Å². The molecular formula is C23H20BrN3O3S2. The summed E-state index contributed by atoms with van der Waals surface area (Å²) in [5, 5.41) is 0. The number of hydrogen-bond acceptors (Lipinski definition) is 6. The van der Waals surface area contributed by atoms with Crippen LogP contribution in [-0.4, -0.2) is 31.1 Å². The van der Waals surface area contributed by atoms with Crippen LogP contribution in [0.25, 0.3) is 11.7 Å². The molecule has 0 saturated carbocycles. The lowest BCUT2D eigenvalue weighted by molar-refractivity contribution is -0.122. The fraction of sp³-hybridized carbons (Fsp3) is 0.217. The van der Waals surface area contributed by atoms with Crippen molar-refractivity contribution in [3.05, 3.63) is 74.0 Å². The molecule has 1 aliphatic heterocycles. The predicted molar refractivity (Wildman–Crippen MR) is 135 cm³/mol. The summed E-state index contributed by atoms with van der Waals surface area (Å²) in [5.74, 6) is 0.477. The van der Waals surface area contributed by atoms with Gasteiger partial charge in [0.05, 0.1) is 4.91 Å². The monoisotopic (exact) mass is 529 g/mol. The number of unbranched alkanes of at least 4 members (excludes halogenated alkanes) is 2. The Balaban J connectivity index is 1.76. The highest BCUT2D eigenvalue weighted by molar-refractivity contribution is 9.10. The largest absolute Gasteiger partial charge is 0.438 e. The first kappa shape index (κ1) is 22.7. The molecule has 0 atom stereocenters. The number of pyridine rings is 1. The van der Waals surface area contributed by atoms with Gasteiger partial charge >= 0.3 is 0 Å². The number of thiocarbonyl (C=S) groups is 1. The van der Waals surface area contributed by atoms with Crippen molar-refractivity contribution < 1.29 is 9.53 Å². The topological polar surface area (TPSA) is 63.9 Å². The molecule has 2 aromatic heterocycles. The van der Waals surface area contributed by atoms with Crippen molar-refractivity contribution >= 4 is 61.9 Å². The van der Waals surface area contributed by atoms with Crippen LogP contribution in [0.3, 0.4) is 0 Å². The molecule has 0 bridgehead atoms. The van der Waals surface area contributed by atoms with Gasteiger partial charge in [0.1, 0.15) is 21.3 Å². The molecule has 164 valence electrons. The zero-order valence-corrected chi connectivity index (χ0v) is 20.5. The van der Waals surface area contributed by atoms with E-state index in [2.05, 4.69) is 27.8 Å². The van der Waals surface area contributed by atoms with E-state index in [1.807, 2.05) is 12.1 Å². The van der Waals surface area contributed by atoms with Crippen LogP contribution in [0.5, 0.6) is 11.6 Å². The second-order valence-corrected chi connectivity index (χ2v) is 9.75. The maximum Gasteiger partial charge on any atom is 0.269 e. The number of halogens is 1. The van der Waals surface area contributed by atoms with Crippen LogP contribution in [0.1, 0.15) is 31.7 Å². The van der Waals surface area contributed by atoms with E-state index in [0.29, 0.717) is 27.2 Å². The SMILES string of the molecule is CCCCCN1C(=O)C(=Cc2c(Oc3ccc(Br)cc3)nc3ccccn3c2=O)SC1=S. The van der Waals surface area contributed by atoms with Crippen LogP contribution in [0.15, 0.2) is 62.8 Å². The maximum absolute atomic E-state index is 13.3. The van der Waals surface area contributed by atoms with Gasteiger partial charge in [0.2, 0.25) is 5.88 Å². The number of aromatic nitrogens is 2. The molecule has 1 aliphatic rings. The zero-order chi connectivity index (χ0) is 22.7. The molecule has 4 rings (SSSR count). The first-order valence-electron chi connectivity index (χ1n) is 10.2. The van der Waals surface area contributed by atoms with Gasteiger partial charge in [0.25, 0.3) is 11.5 Å². The van der Waals surface area contributed by atoms with Crippen LogP contribution in [-0.2, 0) is 4.79 Å². The van der Waals surface area contributed by atoms with E-state index in [-0.39, 0.29) is 22.9 Å². The number of fused-ring (bicyclic) bond motifs is 1. The van der Waals surface area contributed by atoms with Crippen molar-refractivity contribution in [1.82, 2.24) is 14.3 Å². The molecule has 32 heavy (non-hydrogen) atoms. The molecule has 6 nitrogen and oxygen atoms in total. The van der Waals surface area contributed by atoms with E-state index in [1.54, 1.807) is 47.5 Å². The fourth-order valence-electron chi connectivity index (χ4n) is 3.24. The minimum atomic E-state index is -0.320. The van der Waals surface area contributed by atoms with Crippen molar-refractivity contribution in [3.63, 3.8) is 0 Å². The third-order valence-electron chi connectivity index (χ3n) is 4.90. The summed E-state index contributed by atoms with van der Waals surface area (Å²) >= 11 is 10.0. The number of carbonyl (C=O) groups excluding carboxylic acids is 1. The lowest BCUT2D eigenvalue weighted by Crippen LogP contribution is -2.29. The molecule has 0 aliphatic carbocycles. The maximum atomic E-state index is 13.3. The Kier molecular flexibility index (Phi) is 7.07. The second kappa shape index (κ2) is 9.97. The normalized spacial score (nSPS) is 15.2. The van der Waals surface area contributed by atoms with Crippen molar-refractivity contribution in [2.24, 2.45) is 0 Å². The fourth-order valence-corrected chi connectivity index (χ4v) is 4.80. The summed E-state index contributed by atoms with van der Waals surface area (Å²) in [6.45, 7) is 2.68. The predicted octanol–water partition coefficient (Wildman–Crippen LogP) is 5.64. The van der Waals surface area contributed by atoms with Gasteiger partial charge in [0.15, 0.2) is 0 Å². The highest BCUT2D eigenvalue weighted by atomic mass is 79.9. The van der Waals surface area contributed by atoms with E-state index < -0.39 is 0 Å². The Morgan fingerprint density at radius 3 is 2.69 bits per heavy atom. The molecule has 0 unspecified atom stereocenters. The number of amides is 1. The quantitative estimate of drug-likeness (QED) is 0.224. The zero-order valence-electron chi connectivity index (χ0n) is 17.3. The third kappa shape index (κ3) is 4.79. The molecule has 0 spiro atoms. The summed E-state index contributed by atoms with van der Waals surface area (Å²) < 4.78 is 8.82. The first-order valence-corrected chi connectivity index (χ1v) is 12.2. The Morgan fingerprint density at radius 1 is 1.16 bits per heavy atom. The molecule has 1 aromatic carbocycles. The van der Waals surface area contributed by atoms with Crippen LogP contribution in [0.2, 0.25) is 0 Å². The van der Waals surface area contributed by atoms with Gasteiger partial charge < -0.3 is 4.74 Å². The standard InChI is InChI=1S/C23H20BrN3O3S2/c1-2-3-5-13-27-22(29)18(32-23(27)31)14-17-20(30-16-10-8-15(24)9-11-16)25-19-7-4-6-12-26(19)21(17)28/h4,6-12,14H,2-3,5,13H2,1H3. The number of carbonyl (C=O) groups is 1. The number of benzene rings is 1. The van der Waals surface area contributed by atoms with Gasteiger partial charge in [-0.15, -0.1) is 0 Å². The third-order valence-corrected chi connectivity index (χ3v) is 6.80. The van der Waals surface area contributed by atoms with Gasteiger partial charge in [-0.3, -0.25) is 18.9 Å². The molecule has 9 heteroatoms. The molecular weight excluding hydrogens is 510 g/mol. The summed E-state index contributed by atoms with van der Waals surface area (Å²) in [4.78, 5) is 32.8. The van der Waals surface area contributed by atoms with Crippen molar-refractivity contribution in [2.75, 3.05) is 6.54 Å². The number of thioether (sulfide) groups is 1. The highest BCUT2D eigenvalue weighted by Crippen LogP contribution is 2.34. The van der Waals surface area contributed by atoms with Crippen LogP contribution in [0, 0.1) is 0 Å². The van der Waals surface area contributed by atoms with Crippen molar-refractivity contribution in [3.8, 4) is 11.6 Å². The number of hydrogen-bond donors (Lipinski definition) is 0. The Hall–Kier alpha value is -2.49. The van der Waals surface area contributed by atoms with Crippen LogP contribution in [0.4, 0.5) is 0 Å². The van der Waals surface area contributed by atoms with Crippen molar-refractivity contribution in [2.45, 2.75) is 26.2 Å². The van der Waals surface area contributed by atoms with Crippen LogP contribution < -0.4 is 10.3 Å². The highest BCUT2D eigenvalue weighted by Gasteiger charge is 2.32. The number of rotatable bonds is 7. The van der Waals surface area contributed by atoms with Gasteiger partial charge in [-0.2, -0.15) is 4.98 Å². The molecule has 0 N–H and O–H groups in total. The molecule has 1 amide bonds. The van der Waals surface area contributed by atoms with E-state index in [1.165, 1.54) is 16.2 Å². The lowest BCUT2D eigenvalue weighted by atomic mass is 10.2. The lowest BCUT2D eigenvalue weighted by Gasteiger charge is -2.13. The summed E-state index contributed by atoms with van der Waals surface area (Å²) in [6, 6.07) is 12.5. The van der Waals surface area contributed by atoms with Gasteiger partial charge in [-0.05, 0) is 48.9 Å². The van der Waals surface area contributed by atoms with E-state index in [4.69, 9.17) is 17.0 Å². The van der Waals surface area contributed by atoms with Gasteiger partial charge in [-0.1, -0.05) is 65.7 Å². The molecule has 1 saturated heterocycles. The second-order valence-electron chi connectivity index (χ2n) is 7.16. The summed E-state index contributed by atoms with van der Waals surface area (Å²) in [6.07, 6.45) is 6.15. The van der Waals surface area contributed by atoms with Crippen molar-refractivity contribution in [1.29, 1.82) is 0 Å². The van der Waals surface area contributed by atoms with Crippen LogP contribution >= 0.6 is 39.9 Å². The number of nitrogens with zero attached hydrogens (tertiary/aromatic N) is 3. The number of ether oxygens (including phenoxy) is 1.